The second-order valence-electron chi connectivity index (χ2n) is 9.11. The Morgan fingerprint density at radius 3 is 2.71 bits per heavy atom. The van der Waals surface area contributed by atoms with Crippen LogP contribution >= 0.6 is 0 Å². The molecule has 10 nitrogen and oxygen atoms in total. The molecule has 0 fully saturated rings. The quantitative estimate of drug-likeness (QED) is 0.330. The second kappa shape index (κ2) is 9.03. The molecule has 0 aliphatic carbocycles. The number of carboxylic acids is 1. The number of fused-ring (bicyclic) bond motifs is 2. The number of hydrogen-bond donors (Lipinski definition) is 2. The van der Waals surface area contributed by atoms with E-state index in [2.05, 4.69) is 13.8 Å². The van der Waals surface area contributed by atoms with Crippen LogP contribution in [0.2, 0.25) is 0 Å². The first kappa shape index (κ1) is 24.2. The highest BCUT2D eigenvalue weighted by Crippen LogP contribution is 2.54. The molecule has 2 aliphatic rings. The molecule has 184 valence electrons. The van der Waals surface area contributed by atoms with Gasteiger partial charge in [-0.1, -0.05) is 18.2 Å². The molecule has 2 aromatic carbocycles. The minimum Gasteiger partial charge on any atom is -0.480 e. The number of esters is 1. The lowest BCUT2D eigenvalue weighted by Crippen LogP contribution is -2.60. The predicted molar refractivity (Wildman–Crippen MR) is 128 cm³/mol. The number of para-hydroxylation sites is 1. The Morgan fingerprint density at radius 2 is 2.00 bits per heavy atom. The van der Waals surface area contributed by atoms with Crippen LogP contribution in [0.4, 0.5) is 11.4 Å². The van der Waals surface area contributed by atoms with E-state index in [-0.39, 0.29) is 25.1 Å². The average molecular weight is 482 g/mol. The van der Waals surface area contributed by atoms with Crippen LogP contribution < -0.4 is 15.4 Å². The van der Waals surface area contributed by atoms with Crippen LogP contribution in [0.5, 0.6) is 5.75 Å². The zero-order valence-corrected chi connectivity index (χ0v) is 19.5. The summed E-state index contributed by atoms with van der Waals surface area (Å²) in [5.41, 5.74) is 6.55. The molecule has 10 heteroatoms. The molecule has 35 heavy (non-hydrogen) atoms. The van der Waals surface area contributed by atoms with Crippen LogP contribution in [0.25, 0.3) is 6.08 Å². The van der Waals surface area contributed by atoms with E-state index in [0.29, 0.717) is 17.9 Å². The minimum absolute atomic E-state index is 0.00749. The monoisotopic (exact) mass is 481 g/mol. The van der Waals surface area contributed by atoms with Crippen molar-refractivity contribution in [2.24, 2.45) is 5.73 Å². The standard InChI is InChI=1S/C25H27N3O7/c1-24(2)18-5-3-4-6-20(18)27(13-14-34-22(29)10-8-19(26)23(30)31)25(24)12-11-16-15-17(28(32)33)7-9-21(16)35-25/h3-7,9,11-12,15,19H,8,10,13-14,26H2,1-2H3,(H,30,31)/t19-,25?/m0/s1. The zero-order chi connectivity index (χ0) is 25.4. The number of ether oxygens (including phenoxy) is 2. The van der Waals surface area contributed by atoms with Crippen molar-refractivity contribution < 1.29 is 29.1 Å². The molecular formula is C25H27N3O7. The van der Waals surface area contributed by atoms with Gasteiger partial charge in [-0.05, 0) is 50.1 Å². The lowest BCUT2D eigenvalue weighted by molar-refractivity contribution is -0.384. The molecule has 0 saturated carbocycles. The van der Waals surface area contributed by atoms with E-state index in [1.165, 1.54) is 12.1 Å². The topological polar surface area (TPSA) is 145 Å². The Balaban J connectivity index is 1.58. The van der Waals surface area contributed by atoms with Crippen LogP contribution in [-0.2, 0) is 19.7 Å². The highest BCUT2D eigenvalue weighted by molar-refractivity contribution is 5.76. The van der Waals surface area contributed by atoms with Crippen molar-refractivity contribution in [3.05, 3.63) is 69.8 Å². The Labute approximate surface area is 202 Å². The van der Waals surface area contributed by atoms with Gasteiger partial charge in [0.25, 0.3) is 5.69 Å². The molecule has 1 unspecified atom stereocenters. The van der Waals surface area contributed by atoms with E-state index in [1.54, 1.807) is 6.07 Å². The number of carbonyl (C=O) groups excluding carboxylic acids is 1. The molecule has 1 spiro atoms. The molecule has 0 saturated heterocycles. The number of nitro groups is 1. The number of rotatable bonds is 8. The number of benzene rings is 2. The first-order valence-electron chi connectivity index (χ1n) is 11.2. The zero-order valence-electron chi connectivity index (χ0n) is 19.5. The van der Waals surface area contributed by atoms with E-state index >= 15 is 0 Å². The molecule has 2 heterocycles. The van der Waals surface area contributed by atoms with Gasteiger partial charge in [-0.3, -0.25) is 19.7 Å². The molecule has 0 radical (unpaired) electrons. The summed E-state index contributed by atoms with van der Waals surface area (Å²) in [7, 11) is 0. The van der Waals surface area contributed by atoms with Crippen LogP contribution in [0.3, 0.4) is 0 Å². The molecule has 2 aliphatic heterocycles. The van der Waals surface area contributed by atoms with Crippen molar-refractivity contribution in [3.8, 4) is 5.75 Å². The maximum atomic E-state index is 12.1. The number of carbonyl (C=O) groups is 2. The van der Waals surface area contributed by atoms with Gasteiger partial charge in [0.05, 0.1) is 16.9 Å². The molecule has 4 rings (SSSR count). The lowest BCUT2D eigenvalue weighted by Gasteiger charge is -2.47. The highest BCUT2D eigenvalue weighted by atomic mass is 16.6. The summed E-state index contributed by atoms with van der Waals surface area (Å²) in [6, 6.07) is 11.2. The third kappa shape index (κ3) is 4.21. The number of non-ortho nitro benzene ring substituents is 1. The number of anilines is 1. The molecule has 0 amide bonds. The van der Waals surface area contributed by atoms with Crippen LogP contribution in [-0.4, -0.2) is 46.9 Å². The summed E-state index contributed by atoms with van der Waals surface area (Å²) in [5, 5.41) is 20.1. The van der Waals surface area contributed by atoms with Crippen molar-refractivity contribution >= 4 is 29.4 Å². The smallest absolute Gasteiger partial charge is 0.320 e. The van der Waals surface area contributed by atoms with Gasteiger partial charge >= 0.3 is 11.9 Å². The van der Waals surface area contributed by atoms with Gasteiger partial charge in [-0.2, -0.15) is 0 Å². The van der Waals surface area contributed by atoms with E-state index in [9.17, 15) is 19.7 Å². The number of nitrogens with zero attached hydrogens (tertiary/aromatic N) is 2. The SMILES string of the molecule is CC1(C)c2ccccc2N(CCOC(=O)CC[C@H](N)C(=O)O)C12C=Cc1cc([N+](=O)[O-])ccc1O2. The van der Waals surface area contributed by atoms with E-state index < -0.39 is 34.0 Å². The fourth-order valence-corrected chi connectivity index (χ4v) is 4.71. The van der Waals surface area contributed by atoms with Gasteiger partial charge in [-0.25, -0.2) is 0 Å². The van der Waals surface area contributed by atoms with Crippen molar-refractivity contribution in [2.45, 2.75) is 43.9 Å². The van der Waals surface area contributed by atoms with Crippen molar-refractivity contribution in [1.82, 2.24) is 0 Å². The fourth-order valence-electron chi connectivity index (χ4n) is 4.71. The first-order valence-corrected chi connectivity index (χ1v) is 11.2. The number of carboxylic acid groups (broad SMARTS) is 1. The van der Waals surface area contributed by atoms with E-state index in [4.69, 9.17) is 20.3 Å². The van der Waals surface area contributed by atoms with Crippen molar-refractivity contribution in [2.75, 3.05) is 18.1 Å². The Morgan fingerprint density at radius 1 is 1.26 bits per heavy atom. The molecule has 2 aromatic rings. The van der Waals surface area contributed by atoms with Gasteiger partial charge in [0.15, 0.2) is 0 Å². The Kier molecular flexibility index (Phi) is 6.25. The summed E-state index contributed by atoms with van der Waals surface area (Å²) >= 11 is 0. The molecule has 3 N–H and O–H groups in total. The summed E-state index contributed by atoms with van der Waals surface area (Å²) in [6.07, 6.45) is 3.62. The van der Waals surface area contributed by atoms with Gasteiger partial charge in [0.2, 0.25) is 5.72 Å². The van der Waals surface area contributed by atoms with Gasteiger partial charge < -0.3 is 25.2 Å². The second-order valence-corrected chi connectivity index (χ2v) is 9.11. The molecule has 0 aromatic heterocycles. The highest BCUT2D eigenvalue weighted by Gasteiger charge is 2.58. The normalized spacial score (nSPS) is 20.0. The fraction of sp³-hybridized carbons (Fsp3) is 0.360. The van der Waals surface area contributed by atoms with Crippen LogP contribution in [0, 0.1) is 10.1 Å². The number of nitro benzene ring substituents is 1. The van der Waals surface area contributed by atoms with Gasteiger partial charge in [0, 0.05) is 29.8 Å². The summed E-state index contributed by atoms with van der Waals surface area (Å²) in [5.74, 6) is -1.17. The number of aliphatic carboxylic acids is 1. The maximum Gasteiger partial charge on any atom is 0.320 e. The van der Waals surface area contributed by atoms with E-state index in [0.717, 1.165) is 11.3 Å². The first-order chi connectivity index (χ1) is 16.6. The van der Waals surface area contributed by atoms with Gasteiger partial charge in [0.1, 0.15) is 18.4 Å². The third-order valence-electron chi connectivity index (χ3n) is 6.68. The molecular weight excluding hydrogens is 454 g/mol. The molecule has 0 bridgehead atoms. The summed E-state index contributed by atoms with van der Waals surface area (Å²) in [6.45, 7) is 4.49. The van der Waals surface area contributed by atoms with Gasteiger partial charge in [-0.15, -0.1) is 0 Å². The molecule has 2 atom stereocenters. The maximum absolute atomic E-state index is 12.1. The predicted octanol–water partition coefficient (Wildman–Crippen LogP) is 3.23. The minimum atomic E-state index is -1.16. The number of hydrogen-bond acceptors (Lipinski definition) is 8. The third-order valence-corrected chi connectivity index (χ3v) is 6.68. The van der Waals surface area contributed by atoms with Crippen molar-refractivity contribution in [3.63, 3.8) is 0 Å². The van der Waals surface area contributed by atoms with Crippen LogP contribution in [0.1, 0.15) is 37.8 Å². The number of nitrogens with two attached hydrogens (primary N) is 1. The lowest BCUT2D eigenvalue weighted by atomic mass is 9.76. The Hall–Kier alpha value is -3.92. The largest absolute Gasteiger partial charge is 0.480 e. The van der Waals surface area contributed by atoms with E-state index in [1.807, 2.05) is 41.3 Å². The Bertz CT molecular complexity index is 1210. The van der Waals surface area contributed by atoms with Crippen LogP contribution in [0.15, 0.2) is 48.5 Å². The summed E-state index contributed by atoms with van der Waals surface area (Å²) < 4.78 is 12.0. The average Bonchev–Trinajstić information content (AvgIpc) is 3.00. The van der Waals surface area contributed by atoms with Crippen molar-refractivity contribution in [1.29, 1.82) is 0 Å². The summed E-state index contributed by atoms with van der Waals surface area (Å²) in [4.78, 5) is 35.8.